The Morgan fingerprint density at radius 2 is 1.76 bits per heavy atom. The molecule has 6 nitrogen and oxygen atoms in total. The molecule has 3 N–H and O–H groups in total. The number of hydrogen-bond acceptors (Lipinski definition) is 6. The predicted octanol–water partition coefficient (Wildman–Crippen LogP) is 1.67. The van der Waals surface area contributed by atoms with Gasteiger partial charge in [-0.2, -0.15) is 0 Å². The Hall–Kier alpha value is -2.34. The van der Waals surface area contributed by atoms with E-state index in [1.165, 1.54) is 5.69 Å². The molecule has 0 bridgehead atoms. The molecule has 2 aromatic rings. The lowest BCUT2D eigenvalue weighted by atomic mass is 10.2. The molecule has 1 aromatic carbocycles. The minimum absolute atomic E-state index is 0.782. The van der Waals surface area contributed by atoms with Crippen LogP contribution < -0.4 is 20.9 Å². The molecule has 110 valence electrons. The predicted molar refractivity (Wildman–Crippen MR) is 86.4 cm³/mol. The van der Waals surface area contributed by atoms with Crippen LogP contribution in [0, 0.1) is 0 Å². The Bertz CT molecular complexity index is 577. The summed E-state index contributed by atoms with van der Waals surface area (Å²) in [7, 11) is 1.84. The zero-order valence-electron chi connectivity index (χ0n) is 12.1. The average molecular weight is 284 g/mol. The normalized spacial score (nSPS) is 14.8. The zero-order valence-corrected chi connectivity index (χ0v) is 12.1. The summed E-state index contributed by atoms with van der Waals surface area (Å²) in [6.45, 7) is 4.22. The number of benzene rings is 1. The Balaban J connectivity index is 1.68. The third kappa shape index (κ3) is 3.41. The molecule has 21 heavy (non-hydrogen) atoms. The first-order valence-corrected chi connectivity index (χ1v) is 7.18. The van der Waals surface area contributed by atoms with Crippen LogP contribution in [0.1, 0.15) is 0 Å². The summed E-state index contributed by atoms with van der Waals surface area (Å²) in [6, 6.07) is 10.3. The van der Waals surface area contributed by atoms with Gasteiger partial charge in [-0.3, -0.25) is 0 Å². The van der Waals surface area contributed by atoms with Crippen molar-refractivity contribution in [1.29, 1.82) is 0 Å². The summed E-state index contributed by atoms with van der Waals surface area (Å²) >= 11 is 0. The fourth-order valence-corrected chi connectivity index (χ4v) is 2.39. The van der Waals surface area contributed by atoms with Gasteiger partial charge in [0, 0.05) is 50.7 Å². The van der Waals surface area contributed by atoms with Gasteiger partial charge in [-0.1, -0.05) is 0 Å². The van der Waals surface area contributed by atoms with Crippen LogP contribution in [0.3, 0.4) is 0 Å². The Morgan fingerprint density at radius 3 is 2.48 bits per heavy atom. The largest absolute Gasteiger partial charge is 0.373 e. The Labute approximate surface area is 124 Å². The summed E-state index contributed by atoms with van der Waals surface area (Å²) in [4.78, 5) is 10.7. The summed E-state index contributed by atoms with van der Waals surface area (Å²) in [6.07, 6.45) is 1.54. The molecule has 0 spiro atoms. The molecule has 0 unspecified atom stereocenters. The van der Waals surface area contributed by atoms with Gasteiger partial charge in [-0.15, -0.1) is 0 Å². The van der Waals surface area contributed by atoms with Gasteiger partial charge in [0.1, 0.15) is 18.0 Å². The van der Waals surface area contributed by atoms with Gasteiger partial charge < -0.3 is 20.9 Å². The third-order valence-electron chi connectivity index (χ3n) is 3.55. The van der Waals surface area contributed by atoms with Crippen LogP contribution in [-0.4, -0.2) is 43.2 Å². The number of aromatic nitrogens is 2. The molecule has 0 aliphatic carbocycles. The van der Waals surface area contributed by atoms with Crippen molar-refractivity contribution in [3.05, 3.63) is 36.7 Å². The Kier molecular flexibility index (Phi) is 4.16. The van der Waals surface area contributed by atoms with Crippen molar-refractivity contribution in [2.45, 2.75) is 0 Å². The van der Waals surface area contributed by atoms with Crippen molar-refractivity contribution in [2.75, 3.05) is 48.8 Å². The lowest BCUT2D eigenvalue weighted by Gasteiger charge is -2.29. The molecular formula is C15H20N6. The molecule has 6 heteroatoms. The van der Waals surface area contributed by atoms with Crippen molar-refractivity contribution in [2.24, 2.45) is 0 Å². The number of rotatable bonds is 4. The molecule has 1 aromatic heterocycles. The van der Waals surface area contributed by atoms with E-state index in [2.05, 4.69) is 55.1 Å². The topological polar surface area (TPSA) is 65.1 Å². The lowest BCUT2D eigenvalue weighted by Crippen LogP contribution is -2.43. The monoisotopic (exact) mass is 284 g/mol. The molecule has 1 saturated heterocycles. The van der Waals surface area contributed by atoms with E-state index in [9.17, 15) is 0 Å². The smallest absolute Gasteiger partial charge is 0.135 e. The van der Waals surface area contributed by atoms with Gasteiger partial charge in [0.15, 0.2) is 0 Å². The molecule has 1 aliphatic rings. The first-order valence-electron chi connectivity index (χ1n) is 7.18. The number of anilines is 4. The van der Waals surface area contributed by atoms with Gasteiger partial charge in [0.2, 0.25) is 0 Å². The van der Waals surface area contributed by atoms with Crippen LogP contribution in [0.5, 0.6) is 0 Å². The summed E-state index contributed by atoms with van der Waals surface area (Å²) < 4.78 is 0. The molecule has 1 aliphatic heterocycles. The van der Waals surface area contributed by atoms with Crippen LogP contribution in [0.2, 0.25) is 0 Å². The second-order valence-electron chi connectivity index (χ2n) is 4.95. The van der Waals surface area contributed by atoms with E-state index in [-0.39, 0.29) is 0 Å². The van der Waals surface area contributed by atoms with Crippen LogP contribution in [-0.2, 0) is 0 Å². The molecule has 1 fully saturated rings. The van der Waals surface area contributed by atoms with Gasteiger partial charge in [0.05, 0.1) is 0 Å². The quantitative estimate of drug-likeness (QED) is 0.794. The van der Waals surface area contributed by atoms with E-state index in [0.717, 1.165) is 43.5 Å². The second-order valence-corrected chi connectivity index (χ2v) is 4.95. The van der Waals surface area contributed by atoms with Gasteiger partial charge >= 0.3 is 0 Å². The maximum Gasteiger partial charge on any atom is 0.135 e. The van der Waals surface area contributed by atoms with Gasteiger partial charge in [-0.05, 0) is 24.3 Å². The van der Waals surface area contributed by atoms with E-state index in [1.54, 1.807) is 6.33 Å². The van der Waals surface area contributed by atoms with Crippen molar-refractivity contribution in [3.63, 3.8) is 0 Å². The lowest BCUT2D eigenvalue weighted by molar-refractivity contribution is 0.589. The molecule has 0 amide bonds. The first kappa shape index (κ1) is 13.6. The highest BCUT2D eigenvalue weighted by atomic mass is 15.2. The summed E-state index contributed by atoms with van der Waals surface area (Å²) in [5.41, 5.74) is 2.29. The maximum atomic E-state index is 4.21. The minimum Gasteiger partial charge on any atom is -0.373 e. The molecule has 3 rings (SSSR count). The van der Waals surface area contributed by atoms with E-state index < -0.39 is 0 Å². The molecule has 2 heterocycles. The van der Waals surface area contributed by atoms with Crippen LogP contribution in [0.4, 0.5) is 23.0 Å². The van der Waals surface area contributed by atoms with Crippen molar-refractivity contribution >= 4 is 23.0 Å². The molecule has 0 atom stereocenters. The highest BCUT2D eigenvalue weighted by molar-refractivity contribution is 5.62. The van der Waals surface area contributed by atoms with E-state index >= 15 is 0 Å². The first-order chi connectivity index (χ1) is 10.3. The summed E-state index contributed by atoms with van der Waals surface area (Å²) in [5.74, 6) is 1.58. The third-order valence-corrected chi connectivity index (χ3v) is 3.55. The highest BCUT2D eigenvalue weighted by Gasteiger charge is 2.09. The number of nitrogens with zero attached hydrogens (tertiary/aromatic N) is 3. The van der Waals surface area contributed by atoms with E-state index in [1.807, 2.05) is 13.1 Å². The number of piperazine rings is 1. The summed E-state index contributed by atoms with van der Waals surface area (Å²) in [5, 5.41) is 9.65. The molecule has 0 radical (unpaired) electrons. The van der Waals surface area contributed by atoms with Crippen LogP contribution in [0.15, 0.2) is 36.7 Å². The number of hydrogen-bond donors (Lipinski definition) is 3. The molecular weight excluding hydrogens is 264 g/mol. The van der Waals surface area contributed by atoms with Gasteiger partial charge in [-0.25, -0.2) is 9.97 Å². The minimum atomic E-state index is 0.782. The average Bonchev–Trinajstić information content (AvgIpc) is 2.56. The number of nitrogens with one attached hydrogen (secondary N) is 3. The van der Waals surface area contributed by atoms with Crippen LogP contribution >= 0.6 is 0 Å². The van der Waals surface area contributed by atoms with Crippen molar-refractivity contribution in [3.8, 4) is 0 Å². The van der Waals surface area contributed by atoms with Crippen molar-refractivity contribution in [1.82, 2.24) is 15.3 Å². The van der Waals surface area contributed by atoms with Gasteiger partial charge in [0.25, 0.3) is 0 Å². The van der Waals surface area contributed by atoms with Crippen molar-refractivity contribution < 1.29 is 0 Å². The standard InChI is InChI=1S/C15H20N6/c1-16-14-10-15(19-11-18-14)20-12-2-4-13(5-3-12)21-8-6-17-7-9-21/h2-5,10-11,17H,6-9H2,1H3,(H2,16,18,19,20). The van der Waals surface area contributed by atoms with Crippen LogP contribution in [0.25, 0.3) is 0 Å². The fourth-order valence-electron chi connectivity index (χ4n) is 2.39. The molecule has 0 saturated carbocycles. The zero-order chi connectivity index (χ0) is 14.5. The van der Waals surface area contributed by atoms with E-state index in [4.69, 9.17) is 0 Å². The second kappa shape index (κ2) is 6.41. The Morgan fingerprint density at radius 1 is 1.05 bits per heavy atom. The SMILES string of the molecule is CNc1cc(Nc2ccc(N3CCNCC3)cc2)ncn1. The van der Waals surface area contributed by atoms with E-state index in [0.29, 0.717) is 0 Å². The highest BCUT2D eigenvalue weighted by Crippen LogP contribution is 2.21. The fraction of sp³-hybridized carbons (Fsp3) is 0.333. The maximum absolute atomic E-state index is 4.21.